The maximum atomic E-state index is 10.9. The van der Waals surface area contributed by atoms with Crippen LogP contribution in [0.5, 0.6) is 11.5 Å². The van der Waals surface area contributed by atoms with E-state index in [1.807, 2.05) is 52.0 Å². The summed E-state index contributed by atoms with van der Waals surface area (Å²) in [5.41, 5.74) is 7.48. The maximum absolute atomic E-state index is 10.9. The van der Waals surface area contributed by atoms with Gasteiger partial charge in [0.1, 0.15) is 11.5 Å². The average molecular weight is 318 g/mol. The van der Waals surface area contributed by atoms with Crippen molar-refractivity contribution in [3.8, 4) is 33.8 Å². The molecule has 2 nitrogen and oxygen atoms in total. The average Bonchev–Trinajstić information content (AvgIpc) is 2.45. The highest BCUT2D eigenvalue weighted by molar-refractivity contribution is 5.86. The lowest BCUT2D eigenvalue weighted by Crippen LogP contribution is -1.89. The zero-order chi connectivity index (χ0) is 17.4. The Hall–Kier alpha value is -2.74. The fourth-order valence-electron chi connectivity index (χ4n) is 3.35. The van der Waals surface area contributed by atoms with E-state index in [1.54, 1.807) is 12.1 Å². The topological polar surface area (TPSA) is 40.5 Å². The summed E-state index contributed by atoms with van der Waals surface area (Å²) in [6.45, 7) is 8.11. The molecule has 0 bridgehead atoms. The van der Waals surface area contributed by atoms with Crippen LogP contribution in [0.2, 0.25) is 0 Å². The number of phenolic OH excluding ortho intramolecular Hbond substituents is 2. The van der Waals surface area contributed by atoms with Gasteiger partial charge in [-0.15, -0.1) is 0 Å². The molecule has 0 aromatic heterocycles. The summed E-state index contributed by atoms with van der Waals surface area (Å²) in [6.07, 6.45) is 0. The maximum Gasteiger partial charge on any atom is 0.134 e. The second-order valence-electron chi connectivity index (χ2n) is 6.61. The predicted molar refractivity (Wildman–Crippen MR) is 99.6 cm³/mol. The smallest absolute Gasteiger partial charge is 0.134 e. The Labute approximate surface area is 143 Å². The SMILES string of the molecule is Cc1cc(C)cc(-c2ccc(O)c(-c3cc(C)cc(C)c3)c2O)c1. The first-order chi connectivity index (χ1) is 11.3. The van der Waals surface area contributed by atoms with Crippen LogP contribution in [0.15, 0.2) is 48.5 Å². The van der Waals surface area contributed by atoms with Crippen molar-refractivity contribution in [1.82, 2.24) is 0 Å². The third-order valence-corrected chi connectivity index (χ3v) is 4.20. The fourth-order valence-corrected chi connectivity index (χ4v) is 3.35. The second-order valence-corrected chi connectivity index (χ2v) is 6.61. The monoisotopic (exact) mass is 318 g/mol. The molecule has 0 radical (unpaired) electrons. The first-order valence-corrected chi connectivity index (χ1v) is 8.07. The molecule has 0 aliphatic rings. The predicted octanol–water partition coefficient (Wildman–Crippen LogP) is 5.67. The fraction of sp³-hybridized carbons (Fsp3) is 0.182. The van der Waals surface area contributed by atoms with E-state index in [2.05, 4.69) is 12.1 Å². The first-order valence-electron chi connectivity index (χ1n) is 8.07. The van der Waals surface area contributed by atoms with E-state index >= 15 is 0 Å². The lowest BCUT2D eigenvalue weighted by molar-refractivity contribution is 0.455. The third kappa shape index (κ3) is 3.00. The van der Waals surface area contributed by atoms with Crippen LogP contribution in [0.3, 0.4) is 0 Å². The van der Waals surface area contributed by atoms with Crippen LogP contribution >= 0.6 is 0 Å². The molecule has 0 atom stereocenters. The van der Waals surface area contributed by atoms with Crippen LogP contribution in [0.25, 0.3) is 22.3 Å². The Kier molecular flexibility index (Phi) is 4.06. The van der Waals surface area contributed by atoms with Gasteiger partial charge in [-0.25, -0.2) is 0 Å². The minimum atomic E-state index is 0.0885. The number of aryl methyl sites for hydroxylation is 4. The minimum Gasteiger partial charge on any atom is -0.507 e. The highest BCUT2D eigenvalue weighted by atomic mass is 16.3. The van der Waals surface area contributed by atoms with E-state index in [1.165, 1.54) is 0 Å². The van der Waals surface area contributed by atoms with Gasteiger partial charge in [-0.05, 0) is 51.0 Å². The zero-order valence-corrected chi connectivity index (χ0v) is 14.5. The number of benzene rings is 3. The summed E-state index contributed by atoms with van der Waals surface area (Å²) in [4.78, 5) is 0. The number of hydrogen-bond acceptors (Lipinski definition) is 2. The lowest BCUT2D eigenvalue weighted by atomic mass is 9.93. The van der Waals surface area contributed by atoms with Crippen molar-refractivity contribution in [2.24, 2.45) is 0 Å². The van der Waals surface area contributed by atoms with E-state index in [-0.39, 0.29) is 11.5 Å². The lowest BCUT2D eigenvalue weighted by Gasteiger charge is -2.14. The van der Waals surface area contributed by atoms with Crippen molar-refractivity contribution in [3.05, 3.63) is 70.8 Å². The molecule has 0 heterocycles. The molecule has 3 aromatic carbocycles. The molecule has 122 valence electrons. The summed E-state index contributed by atoms with van der Waals surface area (Å²) in [5.74, 6) is 0.204. The quantitative estimate of drug-likeness (QED) is 0.639. The van der Waals surface area contributed by atoms with Gasteiger partial charge in [-0.1, -0.05) is 58.7 Å². The summed E-state index contributed by atoms with van der Waals surface area (Å²) in [7, 11) is 0. The van der Waals surface area contributed by atoms with Crippen LogP contribution in [-0.2, 0) is 0 Å². The standard InChI is InChI=1S/C22H22O2/c1-13-7-14(2)10-17(9-13)19-5-6-20(23)21(22(19)24)18-11-15(3)8-16(4)12-18/h5-12,23-24H,1-4H3. The Morgan fingerprint density at radius 2 is 1.04 bits per heavy atom. The minimum absolute atomic E-state index is 0.0885. The van der Waals surface area contributed by atoms with Crippen molar-refractivity contribution in [2.45, 2.75) is 27.7 Å². The molecule has 0 spiro atoms. The van der Waals surface area contributed by atoms with Crippen LogP contribution in [0.4, 0.5) is 0 Å². The van der Waals surface area contributed by atoms with Gasteiger partial charge >= 0.3 is 0 Å². The van der Waals surface area contributed by atoms with Crippen LogP contribution in [0.1, 0.15) is 22.3 Å². The van der Waals surface area contributed by atoms with Crippen LogP contribution < -0.4 is 0 Å². The molecule has 0 saturated carbocycles. The molecule has 2 N–H and O–H groups in total. The van der Waals surface area contributed by atoms with Gasteiger partial charge in [0.25, 0.3) is 0 Å². The van der Waals surface area contributed by atoms with E-state index in [4.69, 9.17) is 0 Å². The van der Waals surface area contributed by atoms with Crippen molar-refractivity contribution < 1.29 is 10.2 Å². The highest BCUT2D eigenvalue weighted by Crippen LogP contribution is 2.44. The number of aromatic hydroxyl groups is 2. The third-order valence-electron chi connectivity index (χ3n) is 4.20. The van der Waals surface area contributed by atoms with Gasteiger partial charge in [0.2, 0.25) is 0 Å². The molecule has 0 saturated heterocycles. The highest BCUT2D eigenvalue weighted by Gasteiger charge is 2.16. The molecular formula is C22H22O2. The van der Waals surface area contributed by atoms with Gasteiger partial charge in [-0.2, -0.15) is 0 Å². The van der Waals surface area contributed by atoms with E-state index in [9.17, 15) is 10.2 Å². The van der Waals surface area contributed by atoms with Crippen molar-refractivity contribution in [2.75, 3.05) is 0 Å². The van der Waals surface area contributed by atoms with Gasteiger partial charge in [-0.3, -0.25) is 0 Å². The molecule has 0 amide bonds. The molecule has 2 heteroatoms. The van der Waals surface area contributed by atoms with Crippen LogP contribution in [-0.4, -0.2) is 10.2 Å². The van der Waals surface area contributed by atoms with E-state index in [0.29, 0.717) is 5.56 Å². The van der Waals surface area contributed by atoms with Crippen molar-refractivity contribution >= 4 is 0 Å². The molecule has 0 aliphatic heterocycles. The summed E-state index contributed by atoms with van der Waals surface area (Å²) in [6, 6.07) is 15.6. The largest absolute Gasteiger partial charge is 0.507 e. The second kappa shape index (κ2) is 6.04. The summed E-state index contributed by atoms with van der Waals surface area (Å²) >= 11 is 0. The molecule has 24 heavy (non-hydrogen) atoms. The Balaban J connectivity index is 2.25. The molecule has 3 rings (SSSR count). The van der Waals surface area contributed by atoms with Gasteiger partial charge in [0.05, 0.1) is 5.56 Å². The zero-order valence-electron chi connectivity index (χ0n) is 14.5. The molecule has 0 fully saturated rings. The van der Waals surface area contributed by atoms with Gasteiger partial charge in [0.15, 0.2) is 0 Å². The summed E-state index contributed by atoms with van der Waals surface area (Å²) in [5, 5.41) is 21.2. The van der Waals surface area contributed by atoms with Crippen molar-refractivity contribution in [1.29, 1.82) is 0 Å². The first kappa shape index (κ1) is 16.1. The number of phenols is 2. The van der Waals surface area contributed by atoms with E-state index < -0.39 is 0 Å². The van der Waals surface area contributed by atoms with Crippen LogP contribution in [0, 0.1) is 27.7 Å². The Bertz CT molecular complexity index is 883. The number of rotatable bonds is 2. The van der Waals surface area contributed by atoms with Gasteiger partial charge < -0.3 is 10.2 Å². The molecule has 0 unspecified atom stereocenters. The molecule has 0 aliphatic carbocycles. The number of hydrogen-bond donors (Lipinski definition) is 2. The van der Waals surface area contributed by atoms with Crippen molar-refractivity contribution in [3.63, 3.8) is 0 Å². The normalized spacial score (nSPS) is 10.8. The Morgan fingerprint density at radius 3 is 1.54 bits per heavy atom. The Morgan fingerprint density at radius 1 is 0.583 bits per heavy atom. The summed E-state index contributed by atoms with van der Waals surface area (Å²) < 4.78 is 0. The van der Waals surface area contributed by atoms with Gasteiger partial charge in [0, 0.05) is 5.56 Å². The van der Waals surface area contributed by atoms with E-state index in [0.717, 1.165) is 38.9 Å². The molecule has 3 aromatic rings. The molecular weight excluding hydrogens is 296 g/mol.